The van der Waals surface area contributed by atoms with Crippen molar-refractivity contribution < 1.29 is 4.74 Å². The smallest absolute Gasteiger partial charge is 0.173 e. The van der Waals surface area contributed by atoms with Gasteiger partial charge in [-0.05, 0) is 19.1 Å². The summed E-state index contributed by atoms with van der Waals surface area (Å²) >= 11 is 0. The summed E-state index contributed by atoms with van der Waals surface area (Å²) in [4.78, 5) is 0. The van der Waals surface area contributed by atoms with E-state index in [9.17, 15) is 0 Å². The second-order valence-electron chi connectivity index (χ2n) is 3.13. The molecule has 1 aliphatic rings. The van der Waals surface area contributed by atoms with Crippen molar-refractivity contribution in [2.75, 3.05) is 0 Å². The van der Waals surface area contributed by atoms with Gasteiger partial charge < -0.3 is 9.30 Å². The highest BCUT2D eigenvalue weighted by Gasteiger charge is 2.20. The quantitative estimate of drug-likeness (QED) is 0.576. The highest BCUT2D eigenvalue weighted by atomic mass is 16.5. The van der Waals surface area contributed by atoms with Crippen LogP contribution in [0.25, 0.3) is 10.9 Å². The summed E-state index contributed by atoms with van der Waals surface area (Å²) < 4.78 is 7.78. The Hall–Kier alpha value is -1.44. The molecule has 2 aromatic rings. The molecule has 1 aromatic carbocycles. The predicted octanol–water partition coefficient (Wildman–Crippen LogP) is 2.55. The van der Waals surface area contributed by atoms with Gasteiger partial charge in [0.05, 0.1) is 5.52 Å². The summed E-state index contributed by atoms with van der Waals surface area (Å²) in [7, 11) is 0. The first-order valence-corrected chi connectivity index (χ1v) is 4.12. The average Bonchev–Trinajstić information content (AvgIpc) is 2.60. The van der Waals surface area contributed by atoms with Crippen LogP contribution in [-0.2, 0) is 0 Å². The van der Waals surface area contributed by atoms with Crippen molar-refractivity contribution in [1.82, 2.24) is 4.57 Å². The van der Waals surface area contributed by atoms with E-state index in [0.717, 1.165) is 5.75 Å². The van der Waals surface area contributed by atoms with Gasteiger partial charge in [-0.1, -0.05) is 12.1 Å². The zero-order valence-corrected chi connectivity index (χ0v) is 6.82. The number of hydrogen-bond donors (Lipinski definition) is 0. The first-order valence-electron chi connectivity index (χ1n) is 4.12. The van der Waals surface area contributed by atoms with Crippen molar-refractivity contribution in [1.29, 1.82) is 0 Å². The molecule has 1 aromatic heterocycles. The number of para-hydroxylation sites is 1. The van der Waals surface area contributed by atoms with Crippen molar-refractivity contribution in [2.24, 2.45) is 0 Å². The summed E-state index contributed by atoms with van der Waals surface area (Å²) in [5.74, 6) is 1.00. The number of benzene rings is 1. The lowest BCUT2D eigenvalue weighted by Crippen LogP contribution is -2.02. The Balaban J connectivity index is 2.51. The van der Waals surface area contributed by atoms with Crippen LogP contribution in [0.5, 0.6) is 5.75 Å². The maximum atomic E-state index is 5.63. The molecule has 0 bridgehead atoms. The molecule has 1 atom stereocenters. The van der Waals surface area contributed by atoms with Gasteiger partial charge in [0.2, 0.25) is 0 Å². The molecule has 2 heteroatoms. The minimum absolute atomic E-state index is 0.153. The van der Waals surface area contributed by atoms with E-state index >= 15 is 0 Å². The van der Waals surface area contributed by atoms with E-state index in [2.05, 4.69) is 29.8 Å². The fourth-order valence-electron chi connectivity index (χ4n) is 1.82. The standard InChI is InChI=1S/C10H9NO/c1-7-11-6-5-8-3-2-4-9(12-7)10(8)11/h2-7H,1H3. The van der Waals surface area contributed by atoms with Crippen molar-refractivity contribution in [2.45, 2.75) is 13.2 Å². The van der Waals surface area contributed by atoms with E-state index in [0.29, 0.717) is 0 Å². The van der Waals surface area contributed by atoms with E-state index in [1.54, 1.807) is 0 Å². The minimum atomic E-state index is 0.153. The Morgan fingerprint density at radius 2 is 2.25 bits per heavy atom. The lowest BCUT2D eigenvalue weighted by Gasteiger charge is -2.05. The second-order valence-corrected chi connectivity index (χ2v) is 3.13. The first-order chi connectivity index (χ1) is 5.86. The SMILES string of the molecule is CC1Oc2cccc3ccn1c23. The summed E-state index contributed by atoms with van der Waals surface area (Å²) in [5, 5.41) is 1.26. The molecule has 1 unspecified atom stereocenters. The van der Waals surface area contributed by atoms with Crippen LogP contribution < -0.4 is 4.74 Å². The Labute approximate surface area is 70.4 Å². The Bertz CT molecular complexity index is 444. The van der Waals surface area contributed by atoms with Crippen LogP contribution in [0.1, 0.15) is 13.2 Å². The fourth-order valence-corrected chi connectivity index (χ4v) is 1.82. The third kappa shape index (κ3) is 0.560. The normalized spacial score (nSPS) is 19.9. The van der Waals surface area contributed by atoms with Gasteiger partial charge in [0.15, 0.2) is 6.23 Å². The molecular formula is C10H9NO. The van der Waals surface area contributed by atoms with Gasteiger partial charge in [0.25, 0.3) is 0 Å². The lowest BCUT2D eigenvalue weighted by atomic mass is 10.2. The molecule has 0 fully saturated rings. The van der Waals surface area contributed by atoms with E-state index in [4.69, 9.17) is 4.74 Å². The third-order valence-corrected chi connectivity index (χ3v) is 2.39. The van der Waals surface area contributed by atoms with Gasteiger partial charge >= 0.3 is 0 Å². The topological polar surface area (TPSA) is 14.2 Å². The predicted molar refractivity (Wildman–Crippen MR) is 47.3 cm³/mol. The molecule has 0 N–H and O–H groups in total. The number of ether oxygens (including phenoxy) is 1. The van der Waals surface area contributed by atoms with Crippen LogP contribution in [0.15, 0.2) is 30.5 Å². The van der Waals surface area contributed by atoms with E-state index in [-0.39, 0.29) is 6.23 Å². The van der Waals surface area contributed by atoms with Crippen LogP contribution in [-0.4, -0.2) is 4.57 Å². The molecule has 0 saturated carbocycles. The second kappa shape index (κ2) is 1.83. The van der Waals surface area contributed by atoms with E-state index < -0.39 is 0 Å². The average molecular weight is 159 g/mol. The van der Waals surface area contributed by atoms with Crippen molar-refractivity contribution >= 4 is 10.9 Å². The third-order valence-electron chi connectivity index (χ3n) is 2.39. The minimum Gasteiger partial charge on any atom is -0.468 e. The van der Waals surface area contributed by atoms with Crippen LogP contribution in [0.4, 0.5) is 0 Å². The Morgan fingerprint density at radius 1 is 1.33 bits per heavy atom. The van der Waals surface area contributed by atoms with Crippen LogP contribution in [0.2, 0.25) is 0 Å². The molecule has 60 valence electrons. The molecule has 0 saturated heterocycles. The molecule has 0 radical (unpaired) electrons. The molecule has 12 heavy (non-hydrogen) atoms. The maximum Gasteiger partial charge on any atom is 0.173 e. The van der Waals surface area contributed by atoms with Gasteiger partial charge in [0, 0.05) is 11.6 Å². The number of aromatic nitrogens is 1. The molecule has 3 rings (SSSR count). The van der Waals surface area contributed by atoms with E-state index in [1.807, 2.05) is 12.1 Å². The van der Waals surface area contributed by atoms with Crippen LogP contribution >= 0.6 is 0 Å². The zero-order chi connectivity index (χ0) is 8.13. The molecule has 0 spiro atoms. The number of nitrogens with zero attached hydrogens (tertiary/aromatic N) is 1. The summed E-state index contributed by atoms with van der Waals surface area (Å²) in [6, 6.07) is 8.27. The monoisotopic (exact) mass is 159 g/mol. The first kappa shape index (κ1) is 6.12. The fraction of sp³-hybridized carbons (Fsp3) is 0.200. The maximum absolute atomic E-state index is 5.63. The van der Waals surface area contributed by atoms with Crippen molar-refractivity contribution in [3.05, 3.63) is 30.5 Å². The molecular weight excluding hydrogens is 150 g/mol. The van der Waals surface area contributed by atoms with Gasteiger partial charge in [0.1, 0.15) is 5.75 Å². The largest absolute Gasteiger partial charge is 0.468 e. The molecule has 1 aliphatic heterocycles. The highest BCUT2D eigenvalue weighted by molar-refractivity contribution is 5.87. The summed E-state index contributed by atoms with van der Waals surface area (Å²) in [6.07, 6.45) is 2.23. The van der Waals surface area contributed by atoms with Gasteiger partial charge in [-0.3, -0.25) is 0 Å². The molecule has 2 heterocycles. The van der Waals surface area contributed by atoms with Crippen molar-refractivity contribution in [3.8, 4) is 5.75 Å². The number of hydrogen-bond acceptors (Lipinski definition) is 1. The van der Waals surface area contributed by atoms with Crippen molar-refractivity contribution in [3.63, 3.8) is 0 Å². The summed E-state index contributed by atoms with van der Waals surface area (Å²) in [5.41, 5.74) is 1.23. The van der Waals surface area contributed by atoms with Crippen LogP contribution in [0.3, 0.4) is 0 Å². The van der Waals surface area contributed by atoms with Gasteiger partial charge in [-0.25, -0.2) is 0 Å². The molecule has 0 amide bonds. The zero-order valence-electron chi connectivity index (χ0n) is 6.82. The lowest BCUT2D eigenvalue weighted by molar-refractivity contribution is 0.183. The van der Waals surface area contributed by atoms with Gasteiger partial charge in [-0.15, -0.1) is 0 Å². The molecule has 0 aliphatic carbocycles. The number of rotatable bonds is 0. The molecule has 2 nitrogen and oxygen atoms in total. The Kier molecular flexibility index (Phi) is 0.933. The van der Waals surface area contributed by atoms with E-state index in [1.165, 1.54) is 10.9 Å². The van der Waals surface area contributed by atoms with Gasteiger partial charge in [-0.2, -0.15) is 0 Å². The summed E-state index contributed by atoms with van der Waals surface area (Å²) in [6.45, 7) is 2.06. The Morgan fingerprint density at radius 3 is 3.17 bits per heavy atom. The van der Waals surface area contributed by atoms with Crippen LogP contribution in [0, 0.1) is 0 Å². The highest BCUT2D eigenvalue weighted by Crippen LogP contribution is 2.36.